The molecule has 2 rings (SSSR count). The minimum atomic E-state index is -0.211. The van der Waals surface area contributed by atoms with Gasteiger partial charge < -0.3 is 19.8 Å². The molecule has 0 saturated heterocycles. The van der Waals surface area contributed by atoms with Crippen molar-refractivity contribution in [1.29, 1.82) is 0 Å². The number of ether oxygens (including phenoxy) is 2. The zero-order chi connectivity index (χ0) is 14.4. The van der Waals surface area contributed by atoms with Crippen molar-refractivity contribution in [2.45, 2.75) is 44.8 Å². The highest BCUT2D eigenvalue weighted by Crippen LogP contribution is 2.40. The van der Waals surface area contributed by atoms with Crippen LogP contribution in [-0.4, -0.2) is 37.3 Å². The number of aromatic amines is 1. The van der Waals surface area contributed by atoms with Crippen LogP contribution >= 0.6 is 0 Å². The molecule has 0 bridgehead atoms. The number of hydrogen-bond donors (Lipinski definition) is 2. The van der Waals surface area contributed by atoms with Gasteiger partial charge in [-0.2, -0.15) is 0 Å². The molecule has 20 heavy (non-hydrogen) atoms. The number of methoxy groups -OCH3 is 2. The van der Waals surface area contributed by atoms with Crippen LogP contribution in [0.4, 0.5) is 0 Å². The standard InChI is InChI=1S/C15H27N3O2/c1-12-4-6-15(20-3,7-5-12)14-17-11-13(18-14)10-16-8-9-19-2/h11-12,16H,4-10H2,1-3H3,(H,17,18). The minimum Gasteiger partial charge on any atom is -0.383 e. The molecule has 0 unspecified atom stereocenters. The molecule has 5 heteroatoms. The molecule has 1 aromatic heterocycles. The van der Waals surface area contributed by atoms with Gasteiger partial charge in [-0.05, 0) is 31.6 Å². The summed E-state index contributed by atoms with van der Waals surface area (Å²) in [6.45, 7) is 4.66. The molecule has 1 aliphatic carbocycles. The molecule has 0 aliphatic heterocycles. The molecular formula is C15H27N3O2. The van der Waals surface area contributed by atoms with Crippen LogP contribution in [0.5, 0.6) is 0 Å². The van der Waals surface area contributed by atoms with Crippen molar-refractivity contribution in [2.75, 3.05) is 27.4 Å². The second-order valence-corrected chi connectivity index (χ2v) is 5.81. The summed E-state index contributed by atoms with van der Waals surface area (Å²) >= 11 is 0. The smallest absolute Gasteiger partial charge is 0.138 e. The number of H-pyrrole nitrogens is 1. The van der Waals surface area contributed by atoms with Crippen molar-refractivity contribution in [3.63, 3.8) is 0 Å². The summed E-state index contributed by atoms with van der Waals surface area (Å²) in [6.07, 6.45) is 6.42. The minimum absolute atomic E-state index is 0.211. The van der Waals surface area contributed by atoms with Gasteiger partial charge in [-0.25, -0.2) is 4.98 Å². The zero-order valence-electron chi connectivity index (χ0n) is 12.9. The van der Waals surface area contributed by atoms with Crippen LogP contribution in [-0.2, 0) is 21.6 Å². The van der Waals surface area contributed by atoms with E-state index in [1.165, 1.54) is 12.8 Å². The highest BCUT2D eigenvalue weighted by molar-refractivity contribution is 5.10. The van der Waals surface area contributed by atoms with E-state index in [1.54, 1.807) is 14.2 Å². The van der Waals surface area contributed by atoms with Crippen LogP contribution in [0.2, 0.25) is 0 Å². The van der Waals surface area contributed by atoms with E-state index in [0.717, 1.165) is 50.0 Å². The Morgan fingerprint density at radius 2 is 2.15 bits per heavy atom. The molecule has 1 aliphatic rings. The van der Waals surface area contributed by atoms with E-state index in [0.29, 0.717) is 0 Å². The maximum Gasteiger partial charge on any atom is 0.138 e. The second kappa shape index (κ2) is 7.20. The Kier molecular flexibility index (Phi) is 5.57. The van der Waals surface area contributed by atoms with Crippen LogP contribution in [0, 0.1) is 5.92 Å². The molecule has 0 amide bonds. The highest BCUT2D eigenvalue weighted by atomic mass is 16.5. The third-order valence-corrected chi connectivity index (χ3v) is 4.33. The monoisotopic (exact) mass is 281 g/mol. The molecule has 0 radical (unpaired) electrons. The van der Waals surface area contributed by atoms with Crippen molar-refractivity contribution in [2.24, 2.45) is 5.92 Å². The topological polar surface area (TPSA) is 59.2 Å². The molecule has 0 aromatic carbocycles. The maximum atomic E-state index is 5.84. The van der Waals surface area contributed by atoms with E-state index >= 15 is 0 Å². The van der Waals surface area contributed by atoms with Gasteiger partial charge in [0.1, 0.15) is 11.4 Å². The molecular weight excluding hydrogens is 254 g/mol. The first-order valence-corrected chi connectivity index (χ1v) is 7.49. The second-order valence-electron chi connectivity index (χ2n) is 5.81. The Hall–Kier alpha value is -0.910. The van der Waals surface area contributed by atoms with Gasteiger partial charge in [-0.3, -0.25) is 0 Å². The van der Waals surface area contributed by atoms with E-state index in [2.05, 4.69) is 22.2 Å². The van der Waals surface area contributed by atoms with E-state index < -0.39 is 0 Å². The Balaban J connectivity index is 1.95. The van der Waals surface area contributed by atoms with Crippen LogP contribution < -0.4 is 5.32 Å². The quantitative estimate of drug-likeness (QED) is 0.752. The van der Waals surface area contributed by atoms with Crippen molar-refractivity contribution >= 4 is 0 Å². The lowest BCUT2D eigenvalue weighted by atomic mass is 9.79. The van der Waals surface area contributed by atoms with Crippen LogP contribution in [0.1, 0.15) is 44.1 Å². The molecule has 2 N–H and O–H groups in total. The van der Waals surface area contributed by atoms with Gasteiger partial charge in [0.15, 0.2) is 0 Å². The summed E-state index contributed by atoms with van der Waals surface area (Å²) in [6, 6.07) is 0. The van der Waals surface area contributed by atoms with Crippen molar-refractivity contribution in [1.82, 2.24) is 15.3 Å². The molecule has 1 saturated carbocycles. The van der Waals surface area contributed by atoms with Crippen molar-refractivity contribution < 1.29 is 9.47 Å². The van der Waals surface area contributed by atoms with Crippen LogP contribution in [0.3, 0.4) is 0 Å². The number of nitrogens with zero attached hydrogens (tertiary/aromatic N) is 1. The van der Waals surface area contributed by atoms with E-state index in [1.807, 2.05) is 6.20 Å². The summed E-state index contributed by atoms with van der Waals surface area (Å²) < 4.78 is 10.9. The molecule has 0 spiro atoms. The van der Waals surface area contributed by atoms with Gasteiger partial charge >= 0.3 is 0 Å². The zero-order valence-corrected chi connectivity index (χ0v) is 12.9. The molecule has 1 fully saturated rings. The van der Waals surface area contributed by atoms with Gasteiger partial charge in [0, 0.05) is 39.2 Å². The van der Waals surface area contributed by atoms with E-state index in [-0.39, 0.29) is 5.60 Å². The summed E-state index contributed by atoms with van der Waals surface area (Å²) in [5, 5.41) is 3.32. The average molecular weight is 281 g/mol. The number of rotatable bonds is 7. The molecule has 0 atom stereocenters. The Labute approximate surface area is 121 Å². The third-order valence-electron chi connectivity index (χ3n) is 4.33. The fourth-order valence-corrected chi connectivity index (χ4v) is 2.84. The number of imidazole rings is 1. The molecule has 114 valence electrons. The van der Waals surface area contributed by atoms with Crippen molar-refractivity contribution in [3.05, 3.63) is 17.7 Å². The summed E-state index contributed by atoms with van der Waals surface area (Å²) in [5.74, 6) is 1.78. The summed E-state index contributed by atoms with van der Waals surface area (Å²) in [4.78, 5) is 7.98. The average Bonchev–Trinajstić information content (AvgIpc) is 2.94. The number of aromatic nitrogens is 2. The first-order valence-electron chi connectivity index (χ1n) is 7.49. The Bertz CT molecular complexity index is 398. The molecule has 1 aromatic rings. The van der Waals surface area contributed by atoms with Crippen LogP contribution in [0.25, 0.3) is 0 Å². The predicted octanol–water partition coefficient (Wildman–Crippen LogP) is 2.20. The van der Waals surface area contributed by atoms with Crippen molar-refractivity contribution in [3.8, 4) is 0 Å². The van der Waals surface area contributed by atoms with Gasteiger partial charge in [0.05, 0.1) is 6.61 Å². The number of hydrogen-bond acceptors (Lipinski definition) is 4. The Morgan fingerprint density at radius 1 is 1.40 bits per heavy atom. The first-order chi connectivity index (χ1) is 9.70. The van der Waals surface area contributed by atoms with E-state index in [9.17, 15) is 0 Å². The lowest BCUT2D eigenvalue weighted by molar-refractivity contribution is -0.0592. The fraction of sp³-hybridized carbons (Fsp3) is 0.800. The first kappa shape index (κ1) is 15.5. The van der Waals surface area contributed by atoms with Gasteiger partial charge in [0.2, 0.25) is 0 Å². The van der Waals surface area contributed by atoms with Gasteiger partial charge in [-0.1, -0.05) is 6.92 Å². The lowest BCUT2D eigenvalue weighted by Crippen LogP contribution is -2.34. The predicted molar refractivity (Wildman–Crippen MR) is 78.5 cm³/mol. The highest BCUT2D eigenvalue weighted by Gasteiger charge is 2.38. The summed E-state index contributed by atoms with van der Waals surface area (Å²) in [5.41, 5.74) is 0.892. The normalized spacial score (nSPS) is 26.9. The maximum absolute atomic E-state index is 5.84. The summed E-state index contributed by atoms with van der Waals surface area (Å²) in [7, 11) is 3.51. The SMILES string of the molecule is COCCNCc1cnc(C2(OC)CCC(C)CC2)[nH]1. The molecule has 5 nitrogen and oxygen atoms in total. The van der Waals surface area contributed by atoms with Gasteiger partial charge in [0.25, 0.3) is 0 Å². The van der Waals surface area contributed by atoms with Gasteiger partial charge in [-0.15, -0.1) is 0 Å². The van der Waals surface area contributed by atoms with Crippen LogP contribution in [0.15, 0.2) is 6.20 Å². The largest absolute Gasteiger partial charge is 0.383 e. The van der Waals surface area contributed by atoms with E-state index in [4.69, 9.17) is 9.47 Å². The third kappa shape index (κ3) is 3.59. The molecule has 1 heterocycles. The number of nitrogens with one attached hydrogen (secondary N) is 2. The fourth-order valence-electron chi connectivity index (χ4n) is 2.84. The lowest BCUT2D eigenvalue weighted by Gasteiger charge is -2.36. The Morgan fingerprint density at radius 3 is 2.80 bits per heavy atom.